The molecule has 0 saturated heterocycles. The molecule has 0 amide bonds. The third-order valence-corrected chi connectivity index (χ3v) is 2.67. The van der Waals surface area contributed by atoms with Gasteiger partial charge >= 0.3 is 0 Å². The summed E-state index contributed by atoms with van der Waals surface area (Å²) in [5.74, 6) is -5.22. The van der Waals surface area contributed by atoms with Crippen LogP contribution in [0.3, 0.4) is 0 Å². The monoisotopic (exact) mass is 305 g/mol. The lowest BCUT2D eigenvalue weighted by Crippen LogP contribution is -2.13. The number of halogens is 5. The third-order valence-electron chi connectivity index (χ3n) is 2.67. The van der Waals surface area contributed by atoms with Gasteiger partial charge < -0.3 is 10.7 Å². The van der Waals surface area contributed by atoms with Crippen molar-refractivity contribution < 1.29 is 22.0 Å². The first-order chi connectivity index (χ1) is 9.88. The van der Waals surface area contributed by atoms with Crippen molar-refractivity contribution in [2.24, 2.45) is 5.84 Å². The standard InChI is InChI=1S/C11H8F5N5/c1-3-10(18-2-19-11(3)21-17)20-9-7(15)5(13)4(12)6(14)8(9)16/h2H,17H2,1H3,(H2,18,19,20,21). The number of benzene rings is 1. The third kappa shape index (κ3) is 2.44. The quantitative estimate of drug-likeness (QED) is 0.267. The van der Waals surface area contributed by atoms with Gasteiger partial charge in [0, 0.05) is 5.56 Å². The Morgan fingerprint density at radius 3 is 1.86 bits per heavy atom. The number of hydrogen-bond acceptors (Lipinski definition) is 5. The van der Waals surface area contributed by atoms with Crippen LogP contribution in [0.1, 0.15) is 5.56 Å². The van der Waals surface area contributed by atoms with E-state index in [0.717, 1.165) is 6.33 Å². The van der Waals surface area contributed by atoms with Crippen LogP contribution in [0.2, 0.25) is 0 Å². The van der Waals surface area contributed by atoms with E-state index < -0.39 is 34.8 Å². The van der Waals surface area contributed by atoms with Crippen LogP contribution in [-0.2, 0) is 0 Å². The van der Waals surface area contributed by atoms with Gasteiger partial charge in [-0.15, -0.1) is 0 Å². The van der Waals surface area contributed by atoms with Crippen LogP contribution in [-0.4, -0.2) is 9.97 Å². The molecule has 10 heteroatoms. The Hall–Kier alpha value is -2.49. The number of nitrogens with zero attached hydrogens (tertiary/aromatic N) is 2. The molecule has 21 heavy (non-hydrogen) atoms. The summed E-state index contributed by atoms with van der Waals surface area (Å²) >= 11 is 0. The van der Waals surface area contributed by atoms with Gasteiger partial charge in [0.25, 0.3) is 0 Å². The average Bonchev–Trinajstić information content (AvgIpc) is 2.49. The number of rotatable bonds is 3. The minimum atomic E-state index is -2.24. The summed E-state index contributed by atoms with van der Waals surface area (Å²) in [6.07, 6.45) is 0.997. The highest BCUT2D eigenvalue weighted by atomic mass is 19.2. The molecule has 0 aliphatic rings. The van der Waals surface area contributed by atoms with Gasteiger partial charge in [0.2, 0.25) is 5.82 Å². The van der Waals surface area contributed by atoms with Crippen LogP contribution >= 0.6 is 0 Å². The van der Waals surface area contributed by atoms with E-state index in [1.165, 1.54) is 6.92 Å². The predicted octanol–water partition coefficient (Wildman–Crippen LogP) is 2.51. The largest absolute Gasteiger partial charge is 0.335 e. The second kappa shape index (κ2) is 5.48. The zero-order chi connectivity index (χ0) is 15.7. The molecule has 0 aliphatic carbocycles. The molecule has 1 heterocycles. The zero-order valence-electron chi connectivity index (χ0n) is 10.4. The van der Waals surface area contributed by atoms with E-state index >= 15 is 0 Å². The van der Waals surface area contributed by atoms with E-state index in [0.29, 0.717) is 0 Å². The fourth-order valence-corrected chi connectivity index (χ4v) is 1.55. The topological polar surface area (TPSA) is 75.9 Å². The van der Waals surface area contributed by atoms with Crippen molar-refractivity contribution in [3.05, 3.63) is 41.0 Å². The summed E-state index contributed by atoms with van der Waals surface area (Å²) in [6, 6.07) is 0. The minimum absolute atomic E-state index is 0.122. The first-order valence-electron chi connectivity index (χ1n) is 5.45. The highest BCUT2D eigenvalue weighted by Gasteiger charge is 2.26. The Balaban J connectivity index is 2.55. The molecule has 0 fully saturated rings. The van der Waals surface area contributed by atoms with Gasteiger partial charge in [-0.25, -0.2) is 37.8 Å². The SMILES string of the molecule is Cc1c(NN)ncnc1Nc1c(F)c(F)c(F)c(F)c1F. The van der Waals surface area contributed by atoms with Crippen molar-refractivity contribution in [1.82, 2.24) is 9.97 Å². The lowest BCUT2D eigenvalue weighted by atomic mass is 10.2. The molecule has 4 N–H and O–H groups in total. The second-order valence-corrected chi connectivity index (χ2v) is 3.91. The fourth-order valence-electron chi connectivity index (χ4n) is 1.55. The minimum Gasteiger partial charge on any atom is -0.335 e. The maximum atomic E-state index is 13.5. The first-order valence-corrected chi connectivity index (χ1v) is 5.45. The number of anilines is 3. The van der Waals surface area contributed by atoms with Crippen LogP contribution in [0, 0.1) is 36.0 Å². The molecular formula is C11H8F5N5. The number of hydrogen-bond donors (Lipinski definition) is 3. The Morgan fingerprint density at radius 2 is 1.33 bits per heavy atom. The van der Waals surface area contributed by atoms with Crippen LogP contribution in [0.5, 0.6) is 0 Å². The molecule has 1 aromatic carbocycles. The van der Waals surface area contributed by atoms with Crippen LogP contribution in [0.4, 0.5) is 39.3 Å². The molecule has 0 atom stereocenters. The van der Waals surface area contributed by atoms with Gasteiger partial charge in [-0.2, -0.15) is 0 Å². The van der Waals surface area contributed by atoms with Gasteiger partial charge in [0.1, 0.15) is 23.7 Å². The number of aromatic nitrogens is 2. The molecule has 2 aromatic rings. The Morgan fingerprint density at radius 1 is 0.857 bits per heavy atom. The smallest absolute Gasteiger partial charge is 0.200 e. The number of hydrazine groups is 1. The molecular weight excluding hydrogens is 297 g/mol. The molecule has 0 unspecified atom stereocenters. The van der Waals surface area contributed by atoms with E-state index in [1.807, 2.05) is 5.32 Å². The maximum absolute atomic E-state index is 13.5. The van der Waals surface area contributed by atoms with Crippen molar-refractivity contribution in [2.75, 3.05) is 10.7 Å². The lowest BCUT2D eigenvalue weighted by Gasteiger charge is -2.13. The molecule has 1 aromatic heterocycles. The summed E-state index contributed by atoms with van der Waals surface area (Å²) in [4.78, 5) is 7.37. The average molecular weight is 305 g/mol. The van der Waals surface area contributed by atoms with Crippen LogP contribution in [0.15, 0.2) is 6.33 Å². The summed E-state index contributed by atoms with van der Waals surface area (Å²) in [7, 11) is 0. The van der Waals surface area contributed by atoms with E-state index in [9.17, 15) is 22.0 Å². The van der Waals surface area contributed by atoms with Crippen molar-refractivity contribution in [3.63, 3.8) is 0 Å². The summed E-state index contributed by atoms with van der Waals surface area (Å²) in [5, 5.41) is 2.05. The summed E-state index contributed by atoms with van der Waals surface area (Å²) < 4.78 is 66.2. The zero-order valence-corrected chi connectivity index (χ0v) is 10.4. The molecule has 0 aliphatic heterocycles. The summed E-state index contributed by atoms with van der Waals surface area (Å²) in [6.45, 7) is 1.43. The number of nitrogens with two attached hydrogens (primary N) is 1. The number of nitrogens with one attached hydrogen (secondary N) is 2. The Kier molecular flexibility index (Phi) is 3.89. The van der Waals surface area contributed by atoms with E-state index in [-0.39, 0.29) is 17.2 Å². The van der Waals surface area contributed by atoms with Gasteiger partial charge in [-0.05, 0) is 6.92 Å². The van der Waals surface area contributed by atoms with Crippen LogP contribution in [0.25, 0.3) is 0 Å². The van der Waals surface area contributed by atoms with E-state index in [1.54, 1.807) is 0 Å². The molecule has 0 saturated carbocycles. The molecule has 0 radical (unpaired) electrons. The molecule has 0 spiro atoms. The second-order valence-electron chi connectivity index (χ2n) is 3.91. The van der Waals surface area contributed by atoms with E-state index in [2.05, 4.69) is 15.4 Å². The van der Waals surface area contributed by atoms with Crippen molar-refractivity contribution in [1.29, 1.82) is 0 Å². The maximum Gasteiger partial charge on any atom is 0.200 e. The van der Waals surface area contributed by atoms with Gasteiger partial charge in [0.15, 0.2) is 23.3 Å². The lowest BCUT2D eigenvalue weighted by molar-refractivity contribution is 0.382. The number of nitrogen functional groups attached to an aromatic ring is 1. The van der Waals surface area contributed by atoms with E-state index in [4.69, 9.17) is 5.84 Å². The highest BCUT2D eigenvalue weighted by Crippen LogP contribution is 2.30. The Labute approximate surface area is 115 Å². The molecule has 5 nitrogen and oxygen atoms in total. The predicted molar refractivity (Wildman–Crippen MR) is 64.1 cm³/mol. The van der Waals surface area contributed by atoms with Crippen LogP contribution < -0.4 is 16.6 Å². The Bertz CT molecular complexity index is 677. The van der Waals surface area contributed by atoms with Gasteiger partial charge in [0.05, 0.1) is 0 Å². The van der Waals surface area contributed by atoms with Crippen molar-refractivity contribution >= 4 is 17.3 Å². The fraction of sp³-hybridized carbons (Fsp3) is 0.0909. The summed E-state index contributed by atoms with van der Waals surface area (Å²) in [5.41, 5.74) is 1.21. The van der Waals surface area contributed by atoms with Crippen molar-refractivity contribution in [3.8, 4) is 0 Å². The van der Waals surface area contributed by atoms with Gasteiger partial charge in [-0.1, -0.05) is 0 Å². The first kappa shape index (κ1) is 14.9. The molecule has 112 valence electrons. The molecule has 2 rings (SSSR count). The van der Waals surface area contributed by atoms with Crippen molar-refractivity contribution in [2.45, 2.75) is 6.92 Å². The molecule has 0 bridgehead atoms. The normalized spacial score (nSPS) is 10.6. The highest BCUT2D eigenvalue weighted by molar-refractivity contribution is 5.65. The van der Waals surface area contributed by atoms with Gasteiger partial charge in [-0.3, -0.25) is 0 Å².